The van der Waals surface area contributed by atoms with Crippen LogP contribution in [0.2, 0.25) is 5.02 Å². The molecule has 1 amide bonds. The van der Waals surface area contributed by atoms with Crippen LogP contribution in [-0.2, 0) is 0 Å². The third-order valence-electron chi connectivity index (χ3n) is 4.14. The molecule has 0 aliphatic rings. The highest BCUT2D eigenvalue weighted by atomic mass is 79.9. The molecule has 0 unspecified atom stereocenters. The SMILES string of the molecule is O=C(Nc1cccc(-c2csc(-c3ccccc3Cl)n2)c1)c1ccccc1Br. The summed E-state index contributed by atoms with van der Waals surface area (Å²) in [5, 5.41) is 6.48. The molecular weight excluding hydrogens is 456 g/mol. The Bertz CT molecular complexity index is 1160. The summed E-state index contributed by atoms with van der Waals surface area (Å²) < 4.78 is 0.757. The summed E-state index contributed by atoms with van der Waals surface area (Å²) in [7, 11) is 0. The van der Waals surface area contributed by atoms with Crippen molar-refractivity contribution >= 4 is 50.5 Å². The Morgan fingerprint density at radius 1 is 1.00 bits per heavy atom. The largest absolute Gasteiger partial charge is 0.322 e. The van der Waals surface area contributed by atoms with E-state index in [0.717, 1.165) is 26.3 Å². The Hall–Kier alpha value is -2.47. The third kappa shape index (κ3) is 4.02. The molecule has 0 bridgehead atoms. The Morgan fingerprint density at radius 3 is 2.61 bits per heavy atom. The van der Waals surface area contributed by atoms with Gasteiger partial charge in [0, 0.05) is 26.7 Å². The number of nitrogens with one attached hydrogen (secondary N) is 1. The molecule has 0 saturated carbocycles. The molecule has 6 heteroatoms. The molecule has 3 aromatic carbocycles. The number of anilines is 1. The topological polar surface area (TPSA) is 42.0 Å². The van der Waals surface area contributed by atoms with Crippen molar-refractivity contribution in [3.63, 3.8) is 0 Å². The molecule has 138 valence electrons. The minimum absolute atomic E-state index is 0.167. The van der Waals surface area contributed by atoms with E-state index in [0.29, 0.717) is 16.3 Å². The average molecular weight is 470 g/mol. The van der Waals surface area contributed by atoms with Crippen molar-refractivity contribution in [3.8, 4) is 21.8 Å². The van der Waals surface area contributed by atoms with Gasteiger partial charge in [0.15, 0.2) is 0 Å². The van der Waals surface area contributed by atoms with Gasteiger partial charge in [-0.25, -0.2) is 4.98 Å². The molecule has 1 aromatic heterocycles. The predicted octanol–water partition coefficient (Wildman–Crippen LogP) is 7.15. The second-order valence-corrected chi connectivity index (χ2v) is 8.15. The van der Waals surface area contributed by atoms with E-state index in [1.807, 2.05) is 72.1 Å². The normalized spacial score (nSPS) is 10.6. The maximum atomic E-state index is 12.5. The van der Waals surface area contributed by atoms with Crippen molar-refractivity contribution < 1.29 is 4.79 Å². The third-order valence-corrected chi connectivity index (χ3v) is 6.04. The first-order valence-electron chi connectivity index (χ1n) is 8.48. The van der Waals surface area contributed by atoms with Crippen molar-refractivity contribution in [2.24, 2.45) is 0 Å². The highest BCUT2D eigenvalue weighted by molar-refractivity contribution is 9.10. The van der Waals surface area contributed by atoms with Gasteiger partial charge in [-0.05, 0) is 46.3 Å². The van der Waals surface area contributed by atoms with Crippen LogP contribution in [0.4, 0.5) is 5.69 Å². The van der Waals surface area contributed by atoms with E-state index in [9.17, 15) is 4.79 Å². The fraction of sp³-hybridized carbons (Fsp3) is 0. The van der Waals surface area contributed by atoms with Crippen LogP contribution in [0.15, 0.2) is 82.6 Å². The lowest BCUT2D eigenvalue weighted by Gasteiger charge is -2.08. The fourth-order valence-electron chi connectivity index (χ4n) is 2.76. The minimum atomic E-state index is -0.167. The summed E-state index contributed by atoms with van der Waals surface area (Å²) >= 11 is 11.2. The first-order valence-corrected chi connectivity index (χ1v) is 10.5. The van der Waals surface area contributed by atoms with Gasteiger partial charge < -0.3 is 5.32 Å². The van der Waals surface area contributed by atoms with Gasteiger partial charge in [0.25, 0.3) is 5.91 Å². The van der Waals surface area contributed by atoms with E-state index in [2.05, 4.69) is 21.2 Å². The molecule has 1 heterocycles. The van der Waals surface area contributed by atoms with Crippen molar-refractivity contribution in [3.05, 3.63) is 93.2 Å². The average Bonchev–Trinajstić information content (AvgIpc) is 3.19. The predicted molar refractivity (Wildman–Crippen MR) is 120 cm³/mol. The van der Waals surface area contributed by atoms with E-state index in [1.165, 1.54) is 0 Å². The number of hydrogen-bond donors (Lipinski definition) is 1. The smallest absolute Gasteiger partial charge is 0.256 e. The number of benzene rings is 3. The van der Waals surface area contributed by atoms with Gasteiger partial charge >= 0.3 is 0 Å². The van der Waals surface area contributed by atoms with Gasteiger partial charge in [-0.1, -0.05) is 54.1 Å². The van der Waals surface area contributed by atoms with Crippen LogP contribution in [0.3, 0.4) is 0 Å². The number of thiazole rings is 1. The Kier molecular flexibility index (Phi) is 5.57. The maximum Gasteiger partial charge on any atom is 0.256 e. The van der Waals surface area contributed by atoms with Gasteiger partial charge in [0.1, 0.15) is 5.01 Å². The van der Waals surface area contributed by atoms with E-state index in [4.69, 9.17) is 16.6 Å². The molecule has 4 aromatic rings. The zero-order valence-electron chi connectivity index (χ0n) is 14.5. The number of halogens is 2. The van der Waals surface area contributed by atoms with Crippen LogP contribution >= 0.6 is 38.9 Å². The van der Waals surface area contributed by atoms with Crippen molar-refractivity contribution in [2.45, 2.75) is 0 Å². The van der Waals surface area contributed by atoms with Gasteiger partial charge in [0.2, 0.25) is 0 Å². The number of hydrogen-bond acceptors (Lipinski definition) is 3. The zero-order valence-corrected chi connectivity index (χ0v) is 17.7. The monoisotopic (exact) mass is 468 g/mol. The summed E-state index contributed by atoms with van der Waals surface area (Å²) in [6.45, 7) is 0. The molecule has 4 rings (SSSR count). The molecule has 1 N–H and O–H groups in total. The molecular formula is C22H14BrClN2OS. The standard InChI is InChI=1S/C22H14BrClN2OS/c23-18-10-3-1-8-16(18)21(27)25-15-7-5-6-14(12-15)20-13-28-22(26-20)17-9-2-4-11-19(17)24/h1-13H,(H,25,27). The number of aromatic nitrogens is 1. The highest BCUT2D eigenvalue weighted by Crippen LogP contribution is 2.33. The molecule has 0 fully saturated rings. The van der Waals surface area contributed by atoms with E-state index in [-0.39, 0.29) is 5.91 Å². The summed E-state index contributed by atoms with van der Waals surface area (Å²) in [4.78, 5) is 17.3. The van der Waals surface area contributed by atoms with Crippen LogP contribution in [-0.4, -0.2) is 10.9 Å². The Labute approximate surface area is 180 Å². The Morgan fingerprint density at radius 2 is 1.79 bits per heavy atom. The maximum absolute atomic E-state index is 12.5. The summed E-state index contributed by atoms with van der Waals surface area (Å²) in [6.07, 6.45) is 0. The van der Waals surface area contributed by atoms with Crippen LogP contribution in [0.25, 0.3) is 21.8 Å². The van der Waals surface area contributed by atoms with Gasteiger partial charge in [0.05, 0.1) is 16.3 Å². The minimum Gasteiger partial charge on any atom is -0.322 e. The van der Waals surface area contributed by atoms with Crippen molar-refractivity contribution in [2.75, 3.05) is 5.32 Å². The summed E-state index contributed by atoms with van der Waals surface area (Å²) in [6, 6.07) is 22.6. The number of carbonyl (C=O) groups excluding carboxylic acids is 1. The summed E-state index contributed by atoms with van der Waals surface area (Å²) in [5.74, 6) is -0.167. The van der Waals surface area contributed by atoms with Crippen LogP contribution in [0.5, 0.6) is 0 Å². The zero-order chi connectivity index (χ0) is 19.5. The van der Waals surface area contributed by atoms with E-state index in [1.54, 1.807) is 17.4 Å². The second kappa shape index (κ2) is 8.27. The lowest BCUT2D eigenvalue weighted by atomic mass is 10.1. The quantitative estimate of drug-likeness (QED) is 0.345. The molecule has 3 nitrogen and oxygen atoms in total. The molecule has 0 saturated heterocycles. The Balaban J connectivity index is 1.59. The lowest BCUT2D eigenvalue weighted by molar-refractivity contribution is 0.102. The number of rotatable bonds is 4. The molecule has 28 heavy (non-hydrogen) atoms. The van der Waals surface area contributed by atoms with E-state index < -0.39 is 0 Å². The van der Waals surface area contributed by atoms with Gasteiger partial charge in [-0.2, -0.15) is 0 Å². The van der Waals surface area contributed by atoms with Crippen LogP contribution in [0, 0.1) is 0 Å². The molecule has 0 spiro atoms. The highest BCUT2D eigenvalue weighted by Gasteiger charge is 2.12. The van der Waals surface area contributed by atoms with Crippen LogP contribution in [0.1, 0.15) is 10.4 Å². The number of nitrogens with zero attached hydrogens (tertiary/aromatic N) is 1. The van der Waals surface area contributed by atoms with Gasteiger partial charge in [-0.15, -0.1) is 11.3 Å². The first-order chi connectivity index (χ1) is 13.6. The number of carbonyl (C=O) groups is 1. The van der Waals surface area contributed by atoms with Crippen molar-refractivity contribution in [1.82, 2.24) is 4.98 Å². The first kappa shape index (κ1) is 18.9. The van der Waals surface area contributed by atoms with E-state index >= 15 is 0 Å². The molecule has 0 atom stereocenters. The molecule has 0 aliphatic carbocycles. The second-order valence-electron chi connectivity index (χ2n) is 6.03. The molecule has 0 radical (unpaired) electrons. The summed E-state index contributed by atoms with van der Waals surface area (Å²) in [5.41, 5.74) is 3.99. The van der Waals surface area contributed by atoms with Crippen molar-refractivity contribution in [1.29, 1.82) is 0 Å². The lowest BCUT2D eigenvalue weighted by Crippen LogP contribution is -2.12. The van der Waals surface area contributed by atoms with Crippen LogP contribution < -0.4 is 5.32 Å². The molecule has 0 aliphatic heterocycles. The van der Waals surface area contributed by atoms with Gasteiger partial charge in [-0.3, -0.25) is 4.79 Å². The fourth-order valence-corrected chi connectivity index (χ4v) is 4.38. The number of amides is 1.